The fourth-order valence-electron chi connectivity index (χ4n) is 4.05. The van der Waals surface area contributed by atoms with Crippen LogP contribution in [0.1, 0.15) is 65.7 Å². The monoisotopic (exact) mass is 367 g/mol. The van der Waals surface area contributed by atoms with Gasteiger partial charge in [0.1, 0.15) is 0 Å². The fourth-order valence-corrected chi connectivity index (χ4v) is 4.05. The van der Waals surface area contributed by atoms with Gasteiger partial charge in [-0.2, -0.15) is 0 Å². The van der Waals surface area contributed by atoms with E-state index in [-0.39, 0.29) is 42.2 Å². The summed E-state index contributed by atoms with van der Waals surface area (Å²) in [7, 11) is 0. The van der Waals surface area contributed by atoms with Crippen LogP contribution >= 0.6 is 24.8 Å². The first kappa shape index (κ1) is 23.0. The summed E-state index contributed by atoms with van der Waals surface area (Å²) >= 11 is 0. The van der Waals surface area contributed by atoms with Crippen LogP contribution in [0.3, 0.4) is 0 Å². The number of hydrogen-bond donors (Lipinski definition) is 2. The zero-order chi connectivity index (χ0) is 15.5. The van der Waals surface area contributed by atoms with Crippen molar-refractivity contribution in [3.8, 4) is 0 Å². The van der Waals surface area contributed by atoms with Crippen molar-refractivity contribution in [3.63, 3.8) is 0 Å². The molecule has 0 radical (unpaired) electrons. The molecule has 1 amide bonds. The highest BCUT2D eigenvalue weighted by Crippen LogP contribution is 2.31. The second-order valence-electron chi connectivity index (χ2n) is 7.48. The number of carbonyl (C=O) groups excluding carboxylic acids is 1. The highest BCUT2D eigenvalue weighted by Gasteiger charge is 2.37. The Balaban J connectivity index is 0.00000242. The third kappa shape index (κ3) is 6.08. The number of nitrogens with two attached hydrogens (primary N) is 1. The van der Waals surface area contributed by atoms with Crippen molar-refractivity contribution >= 4 is 30.7 Å². The predicted octanol–water partition coefficient (Wildman–Crippen LogP) is 3.12. The molecule has 2 fully saturated rings. The molecule has 1 heterocycles. The maximum Gasteiger partial charge on any atom is 0.225 e. The van der Waals surface area contributed by atoms with E-state index >= 15 is 0 Å². The molecular weight excluding hydrogens is 333 g/mol. The second kappa shape index (κ2) is 10.1. The van der Waals surface area contributed by atoms with Crippen LogP contribution in [0.15, 0.2) is 0 Å². The first-order valence-corrected chi connectivity index (χ1v) is 8.74. The molecular formula is C17H35Cl2N3O. The lowest BCUT2D eigenvalue weighted by atomic mass is 9.74. The van der Waals surface area contributed by atoms with Gasteiger partial charge >= 0.3 is 0 Å². The molecule has 1 saturated carbocycles. The third-order valence-electron chi connectivity index (χ3n) is 5.56. The number of rotatable bonds is 4. The van der Waals surface area contributed by atoms with Crippen LogP contribution in [-0.4, -0.2) is 41.5 Å². The zero-order valence-corrected chi connectivity index (χ0v) is 16.5. The van der Waals surface area contributed by atoms with Gasteiger partial charge in [-0.25, -0.2) is 0 Å². The average molecular weight is 368 g/mol. The average Bonchev–Trinajstić information content (AvgIpc) is 2.44. The molecule has 6 heteroatoms. The minimum Gasteiger partial charge on any atom is -0.354 e. The van der Waals surface area contributed by atoms with Gasteiger partial charge < -0.3 is 11.1 Å². The topological polar surface area (TPSA) is 58.4 Å². The highest BCUT2D eigenvalue weighted by atomic mass is 35.5. The normalized spacial score (nSPS) is 33.0. The Kier molecular flexibility index (Phi) is 10.1. The molecule has 23 heavy (non-hydrogen) atoms. The molecule has 4 unspecified atom stereocenters. The van der Waals surface area contributed by atoms with Crippen LogP contribution < -0.4 is 11.1 Å². The number of hydrogen-bond acceptors (Lipinski definition) is 3. The molecule has 2 aliphatic rings. The van der Waals surface area contributed by atoms with Crippen molar-refractivity contribution in [2.75, 3.05) is 13.1 Å². The minimum absolute atomic E-state index is 0. The van der Waals surface area contributed by atoms with Crippen LogP contribution in [0.4, 0.5) is 0 Å². The van der Waals surface area contributed by atoms with Gasteiger partial charge in [-0.15, -0.1) is 24.8 Å². The first-order valence-electron chi connectivity index (χ1n) is 8.74. The van der Waals surface area contributed by atoms with E-state index in [0.29, 0.717) is 12.1 Å². The molecule has 4 atom stereocenters. The Morgan fingerprint density at radius 2 is 1.91 bits per heavy atom. The summed E-state index contributed by atoms with van der Waals surface area (Å²) < 4.78 is 0. The van der Waals surface area contributed by atoms with Crippen molar-refractivity contribution in [1.29, 1.82) is 0 Å². The summed E-state index contributed by atoms with van der Waals surface area (Å²) in [6, 6.07) is 1.05. The van der Waals surface area contributed by atoms with Crippen LogP contribution in [0.25, 0.3) is 0 Å². The summed E-state index contributed by atoms with van der Waals surface area (Å²) in [5.74, 6) is 0.147. The lowest BCUT2D eigenvalue weighted by Crippen LogP contribution is -2.55. The summed E-state index contributed by atoms with van der Waals surface area (Å²) in [6.07, 6.45) is 8.08. The van der Waals surface area contributed by atoms with E-state index in [2.05, 4.69) is 24.1 Å². The largest absolute Gasteiger partial charge is 0.354 e. The summed E-state index contributed by atoms with van der Waals surface area (Å²) in [5, 5.41) is 3.17. The van der Waals surface area contributed by atoms with Gasteiger partial charge in [0.05, 0.1) is 5.92 Å². The van der Waals surface area contributed by atoms with E-state index in [9.17, 15) is 4.79 Å². The van der Waals surface area contributed by atoms with Crippen LogP contribution in [0.5, 0.6) is 0 Å². The van der Waals surface area contributed by atoms with Crippen molar-refractivity contribution < 1.29 is 4.79 Å². The molecule has 4 nitrogen and oxygen atoms in total. The summed E-state index contributed by atoms with van der Waals surface area (Å²) in [4.78, 5) is 15.0. The molecule has 3 N–H and O–H groups in total. The Hall–Kier alpha value is -0.0300. The molecule has 0 aromatic carbocycles. The smallest absolute Gasteiger partial charge is 0.225 e. The molecule has 1 saturated heterocycles. The number of piperidine rings is 1. The Labute approximate surface area is 154 Å². The quantitative estimate of drug-likeness (QED) is 0.802. The van der Waals surface area contributed by atoms with Gasteiger partial charge in [0.25, 0.3) is 0 Å². The van der Waals surface area contributed by atoms with Crippen LogP contribution in [-0.2, 0) is 4.79 Å². The van der Waals surface area contributed by atoms with E-state index in [1.807, 2.05) is 6.92 Å². The van der Waals surface area contributed by atoms with Gasteiger partial charge in [0.15, 0.2) is 0 Å². The number of amides is 1. The van der Waals surface area contributed by atoms with E-state index in [0.717, 1.165) is 38.8 Å². The Morgan fingerprint density at radius 1 is 1.26 bits per heavy atom. The van der Waals surface area contributed by atoms with E-state index in [1.54, 1.807) is 0 Å². The predicted molar refractivity (Wildman–Crippen MR) is 102 cm³/mol. The van der Waals surface area contributed by atoms with Gasteiger partial charge in [0.2, 0.25) is 5.91 Å². The van der Waals surface area contributed by atoms with Crippen molar-refractivity contribution in [3.05, 3.63) is 0 Å². The molecule has 0 spiro atoms. The van der Waals surface area contributed by atoms with Crippen LogP contribution in [0.2, 0.25) is 0 Å². The first-order chi connectivity index (χ1) is 9.92. The molecule has 0 aromatic heterocycles. The molecule has 138 valence electrons. The summed E-state index contributed by atoms with van der Waals surface area (Å²) in [5.41, 5.74) is 5.99. The lowest BCUT2D eigenvalue weighted by Gasteiger charge is -2.40. The van der Waals surface area contributed by atoms with Crippen molar-refractivity contribution in [2.24, 2.45) is 11.7 Å². The van der Waals surface area contributed by atoms with Gasteiger partial charge in [-0.05, 0) is 53.0 Å². The standard InChI is InChI=1S/C17H33N3O.2ClH/c1-13-8-5-7-11-20(13)14(2)12-19-16(21)15-9-4-6-10-17(15,3)18;;/h13-15H,4-12,18H2,1-3H3,(H,19,21);2*1H. The van der Waals surface area contributed by atoms with Crippen LogP contribution in [0, 0.1) is 5.92 Å². The molecule has 1 aliphatic carbocycles. The van der Waals surface area contributed by atoms with E-state index in [4.69, 9.17) is 5.73 Å². The number of carbonyl (C=O) groups is 1. The van der Waals surface area contributed by atoms with Gasteiger partial charge in [0, 0.05) is 24.2 Å². The lowest BCUT2D eigenvalue weighted by molar-refractivity contribution is -0.128. The minimum atomic E-state index is -0.329. The molecule has 1 aliphatic heterocycles. The van der Waals surface area contributed by atoms with Gasteiger partial charge in [-0.1, -0.05) is 19.3 Å². The Morgan fingerprint density at radius 3 is 2.52 bits per heavy atom. The SMILES string of the molecule is CC1CCCCN1C(C)CNC(=O)C1CCCCC1(C)N.Cl.Cl. The number of likely N-dealkylation sites (tertiary alicyclic amines) is 1. The van der Waals surface area contributed by atoms with Crippen molar-refractivity contribution in [2.45, 2.75) is 83.3 Å². The number of halogens is 2. The zero-order valence-electron chi connectivity index (χ0n) is 14.8. The molecule has 2 rings (SSSR count). The van der Waals surface area contributed by atoms with Gasteiger partial charge in [-0.3, -0.25) is 9.69 Å². The highest BCUT2D eigenvalue weighted by molar-refractivity contribution is 5.85. The summed E-state index contributed by atoms with van der Waals surface area (Å²) in [6.45, 7) is 8.47. The van der Waals surface area contributed by atoms with Crippen molar-refractivity contribution in [1.82, 2.24) is 10.2 Å². The second-order valence-corrected chi connectivity index (χ2v) is 7.48. The van der Waals surface area contributed by atoms with E-state index in [1.165, 1.54) is 19.3 Å². The maximum atomic E-state index is 12.5. The third-order valence-corrected chi connectivity index (χ3v) is 5.56. The molecule has 0 bridgehead atoms. The fraction of sp³-hybridized carbons (Fsp3) is 0.941. The number of nitrogens with one attached hydrogen (secondary N) is 1. The van der Waals surface area contributed by atoms with E-state index < -0.39 is 0 Å². The Bertz CT molecular complexity index is 366. The molecule has 0 aromatic rings. The maximum absolute atomic E-state index is 12.5. The number of nitrogens with zero attached hydrogens (tertiary/aromatic N) is 1.